The molecule has 1 aliphatic carbocycles. The largest absolute Gasteiger partial charge is 0.496 e. The SMILES string of the molecule is COC(=O)c1cc(OC)c(C(=Nc2ccc(C)cc2)c2ccccc2)c(C2CCCCC2)n1. The van der Waals surface area contributed by atoms with Crippen LogP contribution in [0.5, 0.6) is 5.75 Å². The maximum Gasteiger partial charge on any atom is 0.356 e. The van der Waals surface area contributed by atoms with Gasteiger partial charge in [-0.2, -0.15) is 0 Å². The number of aryl methyl sites for hydroxylation is 1. The summed E-state index contributed by atoms with van der Waals surface area (Å²) >= 11 is 0. The molecule has 1 fully saturated rings. The fourth-order valence-electron chi connectivity index (χ4n) is 4.43. The van der Waals surface area contributed by atoms with Gasteiger partial charge in [0.1, 0.15) is 5.75 Å². The summed E-state index contributed by atoms with van der Waals surface area (Å²) in [5.41, 5.74) is 5.78. The Morgan fingerprint density at radius 2 is 1.67 bits per heavy atom. The summed E-state index contributed by atoms with van der Waals surface area (Å²) in [7, 11) is 3.00. The van der Waals surface area contributed by atoms with E-state index in [0.717, 1.165) is 53.9 Å². The first kappa shape index (κ1) is 22.7. The van der Waals surface area contributed by atoms with Crippen LogP contribution in [0, 0.1) is 6.92 Å². The number of aromatic nitrogens is 1. The van der Waals surface area contributed by atoms with Gasteiger partial charge in [0, 0.05) is 17.5 Å². The monoisotopic (exact) mass is 442 g/mol. The summed E-state index contributed by atoms with van der Waals surface area (Å²) < 4.78 is 10.8. The second kappa shape index (κ2) is 10.4. The van der Waals surface area contributed by atoms with Crippen molar-refractivity contribution < 1.29 is 14.3 Å². The van der Waals surface area contributed by atoms with Crippen molar-refractivity contribution in [3.63, 3.8) is 0 Å². The molecule has 0 saturated heterocycles. The van der Waals surface area contributed by atoms with Crippen LogP contribution < -0.4 is 4.74 Å². The van der Waals surface area contributed by atoms with Crippen LogP contribution in [0.25, 0.3) is 0 Å². The number of hydrogen-bond donors (Lipinski definition) is 0. The van der Waals surface area contributed by atoms with Gasteiger partial charge in [0.25, 0.3) is 0 Å². The fourth-order valence-corrected chi connectivity index (χ4v) is 4.43. The number of ether oxygens (including phenoxy) is 2. The Labute approximate surface area is 195 Å². The highest BCUT2D eigenvalue weighted by Crippen LogP contribution is 2.38. The molecule has 4 rings (SSSR count). The number of benzene rings is 2. The summed E-state index contributed by atoms with van der Waals surface area (Å²) in [6.45, 7) is 2.06. The van der Waals surface area contributed by atoms with Crippen LogP contribution >= 0.6 is 0 Å². The number of carbonyl (C=O) groups is 1. The second-order valence-corrected chi connectivity index (χ2v) is 8.46. The molecule has 170 valence electrons. The maximum absolute atomic E-state index is 12.4. The van der Waals surface area contributed by atoms with Gasteiger partial charge >= 0.3 is 5.97 Å². The van der Waals surface area contributed by atoms with Gasteiger partial charge in [-0.1, -0.05) is 67.3 Å². The first-order chi connectivity index (χ1) is 16.1. The predicted octanol–water partition coefficient (Wildman–Crippen LogP) is 6.40. The summed E-state index contributed by atoms with van der Waals surface area (Å²) in [6, 6.07) is 19.9. The number of rotatable bonds is 6. The molecule has 0 unspecified atom stereocenters. The van der Waals surface area contributed by atoms with Crippen LogP contribution in [-0.4, -0.2) is 30.9 Å². The highest BCUT2D eigenvalue weighted by Gasteiger charge is 2.28. The van der Waals surface area contributed by atoms with E-state index in [1.807, 2.05) is 42.5 Å². The maximum atomic E-state index is 12.4. The van der Waals surface area contributed by atoms with Crippen LogP contribution in [0.2, 0.25) is 0 Å². The minimum absolute atomic E-state index is 0.235. The summed E-state index contributed by atoms with van der Waals surface area (Å²) in [6.07, 6.45) is 5.57. The molecule has 0 aliphatic heterocycles. The van der Waals surface area contributed by atoms with Crippen LogP contribution in [0.4, 0.5) is 5.69 Å². The predicted molar refractivity (Wildman–Crippen MR) is 131 cm³/mol. The minimum Gasteiger partial charge on any atom is -0.496 e. The van der Waals surface area contributed by atoms with E-state index < -0.39 is 5.97 Å². The number of esters is 1. The van der Waals surface area contributed by atoms with Gasteiger partial charge < -0.3 is 9.47 Å². The molecular weight excluding hydrogens is 412 g/mol. The Bertz CT molecular complexity index is 1130. The van der Waals surface area contributed by atoms with E-state index >= 15 is 0 Å². The molecule has 1 aliphatic rings. The van der Waals surface area contributed by atoms with E-state index in [9.17, 15) is 4.79 Å². The van der Waals surface area contributed by atoms with Crippen molar-refractivity contribution in [1.82, 2.24) is 4.98 Å². The standard InChI is InChI=1S/C28H30N2O3/c1-19-14-16-22(17-15-19)29-26(20-10-6-4-7-11-20)25-24(32-2)18-23(28(31)33-3)30-27(25)21-12-8-5-9-13-21/h4,6-7,10-11,14-18,21H,5,8-9,12-13H2,1-3H3. The molecule has 1 saturated carbocycles. The van der Waals surface area contributed by atoms with Crippen LogP contribution in [0.3, 0.4) is 0 Å². The quantitative estimate of drug-likeness (QED) is 0.327. The van der Waals surface area contributed by atoms with Crippen molar-refractivity contribution in [2.45, 2.75) is 44.9 Å². The van der Waals surface area contributed by atoms with Crippen molar-refractivity contribution in [3.05, 3.63) is 88.7 Å². The summed E-state index contributed by atoms with van der Waals surface area (Å²) in [5, 5.41) is 0. The van der Waals surface area contributed by atoms with Crippen LogP contribution in [0.1, 0.15) is 70.9 Å². The lowest BCUT2D eigenvalue weighted by Gasteiger charge is -2.25. The number of hydrogen-bond acceptors (Lipinski definition) is 5. The summed E-state index contributed by atoms with van der Waals surface area (Å²) in [5.74, 6) is 0.355. The lowest BCUT2D eigenvalue weighted by Crippen LogP contribution is -2.18. The zero-order chi connectivity index (χ0) is 23.2. The Balaban J connectivity index is 1.98. The van der Waals surface area contributed by atoms with E-state index in [1.165, 1.54) is 19.1 Å². The molecule has 0 spiro atoms. The third-order valence-electron chi connectivity index (χ3n) is 6.18. The number of methoxy groups -OCH3 is 2. The average molecular weight is 443 g/mol. The van der Waals surface area contributed by atoms with Crippen molar-refractivity contribution in [3.8, 4) is 5.75 Å². The molecule has 1 aromatic heterocycles. The van der Waals surface area contributed by atoms with Crippen molar-refractivity contribution >= 4 is 17.4 Å². The van der Waals surface area contributed by atoms with Gasteiger partial charge in [-0.05, 0) is 31.9 Å². The molecule has 0 amide bonds. The summed E-state index contributed by atoms with van der Waals surface area (Å²) in [4.78, 5) is 22.3. The van der Waals surface area contributed by atoms with Crippen LogP contribution in [-0.2, 0) is 4.74 Å². The van der Waals surface area contributed by atoms with E-state index in [1.54, 1.807) is 13.2 Å². The molecule has 5 nitrogen and oxygen atoms in total. The molecule has 33 heavy (non-hydrogen) atoms. The van der Waals surface area contributed by atoms with Crippen molar-refractivity contribution in [2.24, 2.45) is 4.99 Å². The number of nitrogens with zero attached hydrogens (tertiary/aromatic N) is 2. The molecule has 0 bridgehead atoms. The smallest absolute Gasteiger partial charge is 0.356 e. The lowest BCUT2D eigenvalue weighted by atomic mass is 9.83. The Hall–Kier alpha value is -3.47. The molecule has 5 heteroatoms. The van der Waals surface area contributed by atoms with E-state index in [4.69, 9.17) is 19.5 Å². The zero-order valence-electron chi connectivity index (χ0n) is 19.5. The highest BCUT2D eigenvalue weighted by atomic mass is 16.5. The molecule has 0 N–H and O–H groups in total. The lowest BCUT2D eigenvalue weighted by molar-refractivity contribution is 0.0593. The van der Waals surface area contributed by atoms with E-state index in [0.29, 0.717) is 5.75 Å². The van der Waals surface area contributed by atoms with Crippen molar-refractivity contribution in [1.29, 1.82) is 0 Å². The van der Waals surface area contributed by atoms with Gasteiger partial charge in [0.2, 0.25) is 0 Å². The molecule has 3 aromatic rings. The van der Waals surface area contributed by atoms with Gasteiger partial charge in [-0.15, -0.1) is 0 Å². The molecule has 0 atom stereocenters. The second-order valence-electron chi connectivity index (χ2n) is 8.46. The molecular formula is C28H30N2O3. The molecule has 1 heterocycles. The van der Waals surface area contributed by atoms with Gasteiger partial charge in [0.05, 0.1) is 36.9 Å². The molecule has 2 aromatic carbocycles. The topological polar surface area (TPSA) is 60.8 Å². The van der Waals surface area contributed by atoms with E-state index in [2.05, 4.69) is 19.1 Å². The fraction of sp³-hybridized carbons (Fsp3) is 0.321. The van der Waals surface area contributed by atoms with Crippen LogP contribution in [0.15, 0.2) is 65.7 Å². The van der Waals surface area contributed by atoms with Gasteiger partial charge in [-0.3, -0.25) is 0 Å². The van der Waals surface area contributed by atoms with Gasteiger partial charge in [0.15, 0.2) is 5.69 Å². The number of carbonyl (C=O) groups excluding carboxylic acids is 1. The van der Waals surface area contributed by atoms with E-state index in [-0.39, 0.29) is 11.6 Å². The Morgan fingerprint density at radius 3 is 2.30 bits per heavy atom. The Kier molecular flexibility index (Phi) is 7.18. The number of aliphatic imine (C=N–C) groups is 1. The normalized spacial score (nSPS) is 14.7. The third kappa shape index (κ3) is 5.14. The van der Waals surface area contributed by atoms with Gasteiger partial charge in [-0.25, -0.2) is 14.8 Å². The molecule has 0 radical (unpaired) electrons. The number of pyridine rings is 1. The highest BCUT2D eigenvalue weighted by molar-refractivity contribution is 6.16. The first-order valence-electron chi connectivity index (χ1n) is 11.5. The Morgan fingerprint density at radius 1 is 0.970 bits per heavy atom. The zero-order valence-corrected chi connectivity index (χ0v) is 19.5. The first-order valence-corrected chi connectivity index (χ1v) is 11.5. The average Bonchev–Trinajstić information content (AvgIpc) is 2.88. The minimum atomic E-state index is -0.464. The third-order valence-corrected chi connectivity index (χ3v) is 6.18. The van der Waals surface area contributed by atoms with Crippen molar-refractivity contribution in [2.75, 3.05) is 14.2 Å².